The van der Waals surface area contributed by atoms with E-state index < -0.39 is 0 Å². The maximum absolute atomic E-state index is 12.2. The Morgan fingerprint density at radius 1 is 1.44 bits per heavy atom. The van der Waals surface area contributed by atoms with E-state index in [2.05, 4.69) is 39.7 Å². The summed E-state index contributed by atoms with van der Waals surface area (Å²) >= 11 is 3.35. The van der Waals surface area contributed by atoms with Crippen LogP contribution in [0.1, 0.15) is 30.8 Å². The van der Waals surface area contributed by atoms with Crippen molar-refractivity contribution in [3.63, 3.8) is 0 Å². The average Bonchev–Trinajstić information content (AvgIpc) is 2.84. The molecular formula is C13H20BrN3O. The van der Waals surface area contributed by atoms with E-state index in [9.17, 15) is 4.79 Å². The largest absolute Gasteiger partial charge is 0.356 e. The van der Waals surface area contributed by atoms with Gasteiger partial charge >= 0.3 is 0 Å². The van der Waals surface area contributed by atoms with Gasteiger partial charge in [-0.2, -0.15) is 0 Å². The molecule has 0 radical (unpaired) electrons. The molecule has 5 heteroatoms. The molecule has 0 bridgehead atoms. The summed E-state index contributed by atoms with van der Waals surface area (Å²) in [5.74, 6) is 0.101. The standard InChI is InChI=1S/C13H20BrN3O/c1-3-10(2)16-4-6-17(7-5-16)13(18)12-8-11(14)9-15-12/h8-10,15H,3-7H2,1-2H3. The molecule has 1 unspecified atom stereocenters. The predicted molar refractivity (Wildman–Crippen MR) is 75.7 cm³/mol. The van der Waals surface area contributed by atoms with Crippen LogP contribution in [0.15, 0.2) is 16.7 Å². The van der Waals surface area contributed by atoms with E-state index in [1.54, 1.807) is 6.20 Å². The van der Waals surface area contributed by atoms with Gasteiger partial charge in [-0.15, -0.1) is 0 Å². The lowest BCUT2D eigenvalue weighted by atomic mass is 10.2. The second kappa shape index (κ2) is 5.89. The van der Waals surface area contributed by atoms with Gasteiger partial charge in [-0.3, -0.25) is 9.69 Å². The topological polar surface area (TPSA) is 39.3 Å². The number of rotatable bonds is 3. The molecule has 0 saturated carbocycles. The van der Waals surface area contributed by atoms with Crippen LogP contribution in [0.25, 0.3) is 0 Å². The molecule has 2 heterocycles. The van der Waals surface area contributed by atoms with Crippen LogP contribution in [0.4, 0.5) is 0 Å². The zero-order valence-corrected chi connectivity index (χ0v) is 12.5. The minimum atomic E-state index is 0.101. The van der Waals surface area contributed by atoms with E-state index in [0.29, 0.717) is 11.7 Å². The Labute approximate surface area is 116 Å². The Morgan fingerprint density at radius 2 is 2.11 bits per heavy atom. The van der Waals surface area contributed by atoms with Crippen LogP contribution in [0.3, 0.4) is 0 Å². The molecule has 1 fully saturated rings. The number of piperazine rings is 1. The molecule has 1 atom stereocenters. The van der Waals surface area contributed by atoms with E-state index in [4.69, 9.17) is 0 Å². The SMILES string of the molecule is CCC(C)N1CCN(C(=O)c2cc(Br)c[nH]2)CC1. The first-order valence-corrected chi connectivity index (χ1v) is 7.28. The minimum Gasteiger partial charge on any atom is -0.356 e. The molecule has 4 nitrogen and oxygen atoms in total. The highest BCUT2D eigenvalue weighted by atomic mass is 79.9. The van der Waals surface area contributed by atoms with E-state index >= 15 is 0 Å². The van der Waals surface area contributed by atoms with Crippen molar-refractivity contribution in [2.75, 3.05) is 26.2 Å². The smallest absolute Gasteiger partial charge is 0.270 e. The van der Waals surface area contributed by atoms with Gasteiger partial charge < -0.3 is 9.88 Å². The molecule has 1 aliphatic heterocycles. The first-order valence-electron chi connectivity index (χ1n) is 6.49. The normalized spacial score (nSPS) is 18.9. The Hall–Kier alpha value is -0.810. The van der Waals surface area contributed by atoms with Gasteiger partial charge in [0.25, 0.3) is 5.91 Å². The van der Waals surface area contributed by atoms with Gasteiger partial charge in [-0.05, 0) is 35.3 Å². The van der Waals surface area contributed by atoms with E-state index in [-0.39, 0.29) is 5.91 Å². The average molecular weight is 314 g/mol. The fourth-order valence-electron chi connectivity index (χ4n) is 2.29. The number of aromatic amines is 1. The molecule has 1 amide bonds. The van der Waals surface area contributed by atoms with Crippen LogP contribution < -0.4 is 0 Å². The Morgan fingerprint density at radius 3 is 2.61 bits per heavy atom. The van der Waals surface area contributed by atoms with Gasteiger partial charge in [-0.25, -0.2) is 0 Å². The summed E-state index contributed by atoms with van der Waals surface area (Å²) < 4.78 is 0.920. The monoisotopic (exact) mass is 313 g/mol. The van der Waals surface area contributed by atoms with Crippen molar-refractivity contribution in [3.8, 4) is 0 Å². The fraction of sp³-hybridized carbons (Fsp3) is 0.615. The third-order valence-corrected chi connectivity index (χ3v) is 4.15. The molecule has 100 valence electrons. The van der Waals surface area contributed by atoms with Gasteiger partial charge in [0.15, 0.2) is 0 Å². The summed E-state index contributed by atoms with van der Waals surface area (Å²) in [6.45, 7) is 8.04. The molecule has 1 aliphatic rings. The molecule has 0 spiro atoms. The fourth-order valence-corrected chi connectivity index (χ4v) is 2.63. The van der Waals surface area contributed by atoms with Gasteiger partial charge in [-0.1, -0.05) is 6.92 Å². The van der Waals surface area contributed by atoms with Gasteiger partial charge in [0.05, 0.1) is 0 Å². The molecule has 1 N–H and O–H groups in total. The number of carbonyl (C=O) groups excluding carboxylic acids is 1. The summed E-state index contributed by atoms with van der Waals surface area (Å²) in [4.78, 5) is 19.6. The van der Waals surface area contributed by atoms with Crippen LogP contribution in [0.5, 0.6) is 0 Å². The van der Waals surface area contributed by atoms with Crippen molar-refractivity contribution in [3.05, 3.63) is 22.4 Å². The molecule has 1 saturated heterocycles. The van der Waals surface area contributed by atoms with Crippen molar-refractivity contribution in [2.45, 2.75) is 26.3 Å². The molecule has 0 aromatic carbocycles. The molecule has 18 heavy (non-hydrogen) atoms. The van der Waals surface area contributed by atoms with Crippen molar-refractivity contribution in [2.24, 2.45) is 0 Å². The Kier molecular flexibility index (Phi) is 4.45. The number of H-pyrrole nitrogens is 1. The van der Waals surface area contributed by atoms with Crippen molar-refractivity contribution < 1.29 is 4.79 Å². The number of nitrogens with one attached hydrogen (secondary N) is 1. The zero-order chi connectivity index (χ0) is 13.1. The number of hydrogen-bond acceptors (Lipinski definition) is 2. The number of hydrogen-bond donors (Lipinski definition) is 1. The van der Waals surface area contributed by atoms with Gasteiger partial charge in [0, 0.05) is 42.9 Å². The first kappa shape index (κ1) is 13.6. The van der Waals surface area contributed by atoms with Crippen LogP contribution in [-0.2, 0) is 0 Å². The Balaban J connectivity index is 1.92. The number of carbonyl (C=O) groups is 1. The second-order valence-electron chi connectivity index (χ2n) is 4.82. The van der Waals surface area contributed by atoms with Crippen LogP contribution in [0, 0.1) is 0 Å². The quantitative estimate of drug-likeness (QED) is 0.930. The van der Waals surface area contributed by atoms with Crippen molar-refractivity contribution in [1.29, 1.82) is 0 Å². The van der Waals surface area contributed by atoms with Crippen molar-refractivity contribution >= 4 is 21.8 Å². The lowest BCUT2D eigenvalue weighted by Crippen LogP contribution is -2.51. The number of aromatic nitrogens is 1. The van der Waals surface area contributed by atoms with Crippen molar-refractivity contribution in [1.82, 2.24) is 14.8 Å². The number of nitrogens with zero attached hydrogens (tertiary/aromatic N) is 2. The van der Waals surface area contributed by atoms with Crippen LogP contribution >= 0.6 is 15.9 Å². The second-order valence-corrected chi connectivity index (χ2v) is 5.73. The van der Waals surface area contributed by atoms with Crippen LogP contribution in [0.2, 0.25) is 0 Å². The third-order valence-electron chi connectivity index (χ3n) is 3.69. The number of amides is 1. The van der Waals surface area contributed by atoms with Gasteiger partial charge in [0.1, 0.15) is 5.69 Å². The molecule has 0 aliphatic carbocycles. The minimum absolute atomic E-state index is 0.101. The highest BCUT2D eigenvalue weighted by molar-refractivity contribution is 9.10. The summed E-state index contributed by atoms with van der Waals surface area (Å²) in [5.41, 5.74) is 0.666. The highest BCUT2D eigenvalue weighted by Crippen LogP contribution is 2.15. The first-order chi connectivity index (χ1) is 8.61. The van der Waals surface area contributed by atoms with E-state index in [1.165, 1.54) is 0 Å². The highest BCUT2D eigenvalue weighted by Gasteiger charge is 2.24. The molecule has 1 aromatic heterocycles. The number of halogens is 1. The Bertz CT molecular complexity index is 410. The summed E-state index contributed by atoms with van der Waals surface area (Å²) in [6, 6.07) is 2.45. The van der Waals surface area contributed by atoms with Gasteiger partial charge in [0.2, 0.25) is 0 Å². The third kappa shape index (κ3) is 2.95. The maximum atomic E-state index is 12.2. The summed E-state index contributed by atoms with van der Waals surface area (Å²) in [7, 11) is 0. The van der Waals surface area contributed by atoms with Crippen LogP contribution in [-0.4, -0.2) is 52.9 Å². The zero-order valence-electron chi connectivity index (χ0n) is 10.9. The van der Waals surface area contributed by atoms with E-state index in [0.717, 1.165) is 37.1 Å². The van der Waals surface area contributed by atoms with E-state index in [1.807, 2.05) is 11.0 Å². The lowest BCUT2D eigenvalue weighted by molar-refractivity contribution is 0.0575. The summed E-state index contributed by atoms with van der Waals surface area (Å²) in [5, 5.41) is 0. The molecule has 2 rings (SSSR count). The maximum Gasteiger partial charge on any atom is 0.270 e. The molecular weight excluding hydrogens is 294 g/mol. The lowest BCUT2D eigenvalue weighted by Gasteiger charge is -2.37. The predicted octanol–water partition coefficient (Wildman–Crippen LogP) is 2.33. The summed E-state index contributed by atoms with van der Waals surface area (Å²) in [6.07, 6.45) is 2.96. The molecule has 1 aromatic rings.